The molecule has 2 aliphatic rings. The molecular weight excluding hydrogens is 354 g/mol. The number of ether oxygens (including phenoxy) is 3. The van der Waals surface area contributed by atoms with Crippen LogP contribution < -0.4 is 19.5 Å². The topological polar surface area (TPSA) is 73.9 Å². The van der Waals surface area contributed by atoms with Gasteiger partial charge in [0.15, 0.2) is 17.6 Å². The largest absolute Gasteiger partial charge is 0.490 e. The van der Waals surface area contributed by atoms with Crippen LogP contribution >= 0.6 is 11.8 Å². The zero-order valence-corrected chi connectivity index (χ0v) is 14.5. The van der Waals surface area contributed by atoms with E-state index in [1.165, 1.54) is 0 Å². The van der Waals surface area contributed by atoms with Crippen LogP contribution in [0, 0.1) is 0 Å². The summed E-state index contributed by atoms with van der Waals surface area (Å²) in [6.07, 6.45) is 1.49. The first-order valence-electron chi connectivity index (χ1n) is 8.03. The molecule has 132 valence electrons. The van der Waals surface area contributed by atoms with Crippen LogP contribution in [-0.4, -0.2) is 30.5 Å². The second-order valence-electron chi connectivity index (χ2n) is 5.73. The van der Waals surface area contributed by atoms with E-state index in [4.69, 9.17) is 14.2 Å². The molecule has 1 N–H and O–H groups in total. The summed E-state index contributed by atoms with van der Waals surface area (Å²) in [6, 6.07) is 14.8. The van der Waals surface area contributed by atoms with Crippen molar-refractivity contribution in [3.8, 4) is 17.2 Å². The maximum absolute atomic E-state index is 11.5. The van der Waals surface area contributed by atoms with Gasteiger partial charge in [-0.25, -0.2) is 0 Å². The zero-order valence-electron chi connectivity index (χ0n) is 13.6. The Labute approximate surface area is 154 Å². The molecule has 1 unspecified atom stereocenters. The number of carbonyl (C=O) groups excluding carboxylic acids is 2. The molecule has 0 radical (unpaired) electrons. The van der Waals surface area contributed by atoms with Crippen LogP contribution in [0.25, 0.3) is 6.08 Å². The van der Waals surface area contributed by atoms with E-state index in [0.29, 0.717) is 23.9 Å². The van der Waals surface area contributed by atoms with E-state index in [1.807, 2.05) is 48.5 Å². The molecule has 2 aromatic rings. The number of hydrogen-bond acceptors (Lipinski definition) is 6. The van der Waals surface area contributed by atoms with Crippen LogP contribution in [0.4, 0.5) is 4.79 Å². The summed E-state index contributed by atoms with van der Waals surface area (Å²) in [5.41, 5.74) is 0.816. The third kappa shape index (κ3) is 3.67. The molecule has 0 bridgehead atoms. The van der Waals surface area contributed by atoms with Crippen molar-refractivity contribution in [3.05, 3.63) is 59.0 Å². The van der Waals surface area contributed by atoms with Crippen molar-refractivity contribution >= 4 is 29.0 Å². The number of amides is 2. The highest BCUT2D eigenvalue weighted by molar-refractivity contribution is 8.18. The maximum atomic E-state index is 11.5. The summed E-state index contributed by atoms with van der Waals surface area (Å²) in [5.74, 6) is 1.79. The Hall–Kier alpha value is -2.93. The van der Waals surface area contributed by atoms with Gasteiger partial charge >= 0.3 is 0 Å². The van der Waals surface area contributed by atoms with Gasteiger partial charge in [0.2, 0.25) is 0 Å². The highest BCUT2D eigenvalue weighted by atomic mass is 32.2. The predicted molar refractivity (Wildman–Crippen MR) is 97.4 cm³/mol. The number of para-hydroxylation sites is 2. The van der Waals surface area contributed by atoms with Crippen molar-refractivity contribution in [1.82, 2.24) is 5.32 Å². The molecule has 0 spiro atoms. The molecule has 2 aliphatic heterocycles. The van der Waals surface area contributed by atoms with Gasteiger partial charge in [0.1, 0.15) is 19.0 Å². The smallest absolute Gasteiger partial charge is 0.290 e. The minimum absolute atomic E-state index is 0.184. The Morgan fingerprint density at radius 2 is 1.88 bits per heavy atom. The number of carbonyl (C=O) groups is 2. The molecular formula is C19H15NO5S. The summed E-state index contributed by atoms with van der Waals surface area (Å²) >= 11 is 0.896. The Morgan fingerprint density at radius 1 is 1.12 bits per heavy atom. The highest BCUT2D eigenvalue weighted by Gasteiger charge is 2.25. The van der Waals surface area contributed by atoms with E-state index >= 15 is 0 Å². The third-order valence-electron chi connectivity index (χ3n) is 3.82. The van der Waals surface area contributed by atoms with Gasteiger partial charge in [-0.2, -0.15) is 0 Å². The molecule has 7 heteroatoms. The van der Waals surface area contributed by atoms with Crippen LogP contribution in [0.3, 0.4) is 0 Å². The highest BCUT2D eigenvalue weighted by Crippen LogP contribution is 2.31. The first kappa shape index (κ1) is 16.5. The number of rotatable bonds is 4. The van der Waals surface area contributed by atoms with Crippen LogP contribution in [0.5, 0.6) is 17.2 Å². The third-order valence-corrected chi connectivity index (χ3v) is 4.63. The molecule has 0 saturated carbocycles. The lowest BCUT2D eigenvalue weighted by Crippen LogP contribution is -2.34. The van der Waals surface area contributed by atoms with E-state index in [9.17, 15) is 9.59 Å². The van der Waals surface area contributed by atoms with Gasteiger partial charge in [0.05, 0.1) is 4.91 Å². The molecule has 0 aliphatic carbocycles. The Morgan fingerprint density at radius 3 is 2.62 bits per heavy atom. The summed E-state index contributed by atoms with van der Waals surface area (Å²) < 4.78 is 17.3. The lowest BCUT2D eigenvalue weighted by atomic mass is 10.2. The summed E-state index contributed by atoms with van der Waals surface area (Å²) in [7, 11) is 0. The fraction of sp³-hybridized carbons (Fsp3) is 0.158. The normalized spacial score (nSPS) is 20.2. The van der Waals surface area contributed by atoms with Gasteiger partial charge in [-0.1, -0.05) is 24.3 Å². The Balaban J connectivity index is 1.34. The van der Waals surface area contributed by atoms with Gasteiger partial charge in [-0.3, -0.25) is 14.9 Å². The molecule has 2 heterocycles. The van der Waals surface area contributed by atoms with Crippen molar-refractivity contribution in [2.24, 2.45) is 0 Å². The minimum atomic E-state index is -0.366. The van der Waals surface area contributed by atoms with Crippen molar-refractivity contribution < 1.29 is 23.8 Å². The summed E-state index contributed by atoms with van der Waals surface area (Å²) in [4.78, 5) is 23.1. The molecule has 2 aromatic carbocycles. The maximum Gasteiger partial charge on any atom is 0.290 e. The number of benzene rings is 2. The number of fused-ring (bicyclic) bond motifs is 1. The van der Waals surface area contributed by atoms with Gasteiger partial charge in [0, 0.05) is 0 Å². The number of nitrogens with one attached hydrogen (secondary N) is 1. The summed E-state index contributed by atoms with van der Waals surface area (Å²) in [5, 5.41) is 1.88. The summed E-state index contributed by atoms with van der Waals surface area (Å²) in [6.45, 7) is 0.795. The second-order valence-corrected chi connectivity index (χ2v) is 6.74. The monoisotopic (exact) mass is 369 g/mol. The van der Waals surface area contributed by atoms with E-state index in [0.717, 1.165) is 28.8 Å². The Bertz CT molecular complexity index is 878. The quantitative estimate of drug-likeness (QED) is 0.834. The molecule has 6 nitrogen and oxygen atoms in total. The fourth-order valence-corrected chi connectivity index (χ4v) is 3.25. The van der Waals surface area contributed by atoms with Gasteiger partial charge in [0.25, 0.3) is 11.1 Å². The molecule has 26 heavy (non-hydrogen) atoms. The minimum Gasteiger partial charge on any atom is -0.490 e. The van der Waals surface area contributed by atoms with Crippen molar-refractivity contribution in [2.75, 3.05) is 13.2 Å². The molecule has 1 fully saturated rings. The zero-order chi connectivity index (χ0) is 17.9. The first-order chi connectivity index (χ1) is 12.7. The lowest BCUT2D eigenvalue weighted by molar-refractivity contribution is -0.115. The number of thioether (sulfide) groups is 1. The SMILES string of the molecule is O=C1NC(=O)/C(=C\c2ccc(OCC3COc4ccccc4O3)cc2)S1. The van der Waals surface area contributed by atoms with Crippen molar-refractivity contribution in [3.63, 3.8) is 0 Å². The van der Waals surface area contributed by atoms with E-state index in [-0.39, 0.29) is 17.3 Å². The predicted octanol–water partition coefficient (Wildman–Crippen LogP) is 3.23. The number of imide groups is 1. The number of hydrogen-bond donors (Lipinski definition) is 1. The van der Waals surface area contributed by atoms with Crippen molar-refractivity contribution in [2.45, 2.75) is 6.10 Å². The van der Waals surface area contributed by atoms with Crippen LogP contribution in [0.15, 0.2) is 53.4 Å². The van der Waals surface area contributed by atoms with Gasteiger partial charge in [-0.05, 0) is 47.7 Å². The van der Waals surface area contributed by atoms with Crippen LogP contribution in [0.1, 0.15) is 5.56 Å². The van der Waals surface area contributed by atoms with Gasteiger partial charge in [-0.15, -0.1) is 0 Å². The van der Waals surface area contributed by atoms with Gasteiger partial charge < -0.3 is 14.2 Å². The molecule has 1 atom stereocenters. The average Bonchev–Trinajstić information content (AvgIpc) is 2.98. The second kappa shape index (κ2) is 7.13. The fourth-order valence-electron chi connectivity index (χ4n) is 2.57. The lowest BCUT2D eigenvalue weighted by Gasteiger charge is -2.26. The Kier molecular flexibility index (Phi) is 4.53. The first-order valence-corrected chi connectivity index (χ1v) is 8.85. The van der Waals surface area contributed by atoms with Crippen LogP contribution in [-0.2, 0) is 4.79 Å². The standard InChI is InChI=1S/C19H15NO5S/c21-18-17(26-19(22)20-18)9-12-5-7-13(8-6-12)23-10-14-11-24-15-3-1-2-4-16(15)25-14/h1-9,14H,10-11H2,(H,20,21,22)/b17-9+. The molecule has 1 saturated heterocycles. The molecule has 0 aromatic heterocycles. The van der Waals surface area contributed by atoms with E-state index < -0.39 is 0 Å². The van der Waals surface area contributed by atoms with Crippen LogP contribution in [0.2, 0.25) is 0 Å². The van der Waals surface area contributed by atoms with Crippen molar-refractivity contribution in [1.29, 1.82) is 0 Å². The van der Waals surface area contributed by atoms with E-state index in [1.54, 1.807) is 6.08 Å². The molecule has 2 amide bonds. The van der Waals surface area contributed by atoms with E-state index in [2.05, 4.69) is 5.32 Å². The molecule has 4 rings (SSSR count). The average molecular weight is 369 g/mol.